The zero-order valence-electron chi connectivity index (χ0n) is 17.9. The van der Waals surface area contributed by atoms with Crippen LogP contribution in [0.1, 0.15) is 35.7 Å². The van der Waals surface area contributed by atoms with E-state index in [1.807, 2.05) is 35.2 Å². The van der Waals surface area contributed by atoms with E-state index in [1.54, 1.807) is 25.3 Å². The second kappa shape index (κ2) is 11.4. The predicted molar refractivity (Wildman–Crippen MR) is 120 cm³/mol. The summed E-state index contributed by atoms with van der Waals surface area (Å²) >= 11 is 0. The van der Waals surface area contributed by atoms with Gasteiger partial charge < -0.3 is 26.0 Å². The lowest BCUT2D eigenvalue weighted by atomic mass is 10.0. The first-order valence-corrected chi connectivity index (χ1v) is 10.7. The van der Waals surface area contributed by atoms with Crippen molar-refractivity contribution in [2.24, 2.45) is 0 Å². The van der Waals surface area contributed by atoms with Crippen molar-refractivity contribution in [2.75, 3.05) is 31.5 Å². The van der Waals surface area contributed by atoms with Crippen molar-refractivity contribution in [3.63, 3.8) is 0 Å². The van der Waals surface area contributed by atoms with Crippen LogP contribution in [0.4, 0.5) is 5.82 Å². The number of anilines is 1. The molecule has 0 radical (unpaired) electrons. The van der Waals surface area contributed by atoms with Gasteiger partial charge in [-0.15, -0.1) is 0 Å². The van der Waals surface area contributed by atoms with Gasteiger partial charge in [0, 0.05) is 57.4 Å². The van der Waals surface area contributed by atoms with E-state index in [2.05, 4.69) is 20.9 Å². The van der Waals surface area contributed by atoms with Crippen LogP contribution in [0.3, 0.4) is 0 Å². The zero-order chi connectivity index (χ0) is 22.1. The molecule has 31 heavy (non-hydrogen) atoms. The van der Waals surface area contributed by atoms with Crippen molar-refractivity contribution in [2.45, 2.75) is 38.5 Å². The van der Waals surface area contributed by atoms with Crippen molar-refractivity contribution < 1.29 is 14.7 Å². The summed E-state index contributed by atoms with van der Waals surface area (Å²) < 4.78 is 0. The standard InChI is InChI=1S/C23H31N5O3/c1-17(29)28-11-8-20(9-12-28)27-22-13-19(7-10-25-22)23(31)26-16-21(30)15-24-14-18-5-3-2-4-6-18/h2-7,10,13,20-21,24,30H,8-9,11-12,14-16H2,1H3,(H,25,27)(H,26,31)/t21-/m1/s1. The number of rotatable bonds is 9. The Hall–Kier alpha value is -2.97. The van der Waals surface area contributed by atoms with E-state index in [9.17, 15) is 14.7 Å². The number of pyridine rings is 1. The first-order chi connectivity index (χ1) is 15.0. The molecule has 4 N–H and O–H groups in total. The highest BCUT2D eigenvalue weighted by molar-refractivity contribution is 5.94. The number of hydrogen-bond acceptors (Lipinski definition) is 6. The zero-order valence-corrected chi connectivity index (χ0v) is 17.9. The van der Waals surface area contributed by atoms with Crippen LogP contribution in [0.5, 0.6) is 0 Å². The van der Waals surface area contributed by atoms with Gasteiger partial charge in [-0.2, -0.15) is 0 Å². The summed E-state index contributed by atoms with van der Waals surface area (Å²) in [5, 5.41) is 19.4. The molecule has 166 valence electrons. The Balaban J connectivity index is 1.40. The summed E-state index contributed by atoms with van der Waals surface area (Å²) in [5.74, 6) is 0.491. The number of piperidine rings is 1. The lowest BCUT2D eigenvalue weighted by Gasteiger charge is -2.32. The van der Waals surface area contributed by atoms with E-state index in [-0.39, 0.29) is 24.4 Å². The van der Waals surface area contributed by atoms with E-state index in [1.165, 1.54) is 0 Å². The maximum absolute atomic E-state index is 12.5. The topological polar surface area (TPSA) is 107 Å². The van der Waals surface area contributed by atoms with Crippen LogP contribution in [-0.2, 0) is 11.3 Å². The Kier molecular flexibility index (Phi) is 8.37. The lowest BCUT2D eigenvalue weighted by Crippen LogP contribution is -2.41. The van der Waals surface area contributed by atoms with E-state index < -0.39 is 6.10 Å². The van der Waals surface area contributed by atoms with Crippen molar-refractivity contribution in [1.29, 1.82) is 0 Å². The summed E-state index contributed by atoms with van der Waals surface area (Å²) in [6.45, 7) is 4.25. The molecule has 0 saturated carbocycles. The van der Waals surface area contributed by atoms with E-state index in [0.717, 1.165) is 31.5 Å². The molecule has 0 unspecified atom stereocenters. The molecule has 1 saturated heterocycles. The molecule has 8 nitrogen and oxygen atoms in total. The molecule has 1 atom stereocenters. The Morgan fingerprint density at radius 3 is 2.61 bits per heavy atom. The molecule has 3 rings (SSSR count). The van der Waals surface area contributed by atoms with Crippen molar-refractivity contribution in [1.82, 2.24) is 20.5 Å². The van der Waals surface area contributed by atoms with Gasteiger partial charge in [-0.25, -0.2) is 4.98 Å². The molecule has 1 aromatic carbocycles. The highest BCUT2D eigenvalue weighted by Crippen LogP contribution is 2.16. The number of carbonyl (C=O) groups excluding carboxylic acids is 2. The molecule has 0 spiro atoms. The van der Waals surface area contributed by atoms with Crippen LogP contribution < -0.4 is 16.0 Å². The van der Waals surface area contributed by atoms with E-state index in [0.29, 0.717) is 24.5 Å². The maximum Gasteiger partial charge on any atom is 0.251 e. The fraction of sp³-hybridized carbons (Fsp3) is 0.435. The first kappa shape index (κ1) is 22.7. The molecule has 1 aliphatic rings. The quantitative estimate of drug-likeness (QED) is 0.484. The van der Waals surface area contributed by atoms with E-state index in [4.69, 9.17) is 0 Å². The predicted octanol–water partition coefficient (Wildman–Crippen LogP) is 1.38. The highest BCUT2D eigenvalue weighted by atomic mass is 16.3. The second-order valence-corrected chi connectivity index (χ2v) is 7.83. The van der Waals surface area contributed by atoms with Gasteiger partial charge >= 0.3 is 0 Å². The van der Waals surface area contributed by atoms with Gasteiger partial charge in [0.05, 0.1) is 6.10 Å². The van der Waals surface area contributed by atoms with Gasteiger partial charge in [0.25, 0.3) is 5.91 Å². The minimum atomic E-state index is -0.682. The first-order valence-electron chi connectivity index (χ1n) is 10.7. The van der Waals surface area contributed by atoms with Crippen LogP contribution in [-0.4, -0.2) is 65.1 Å². The third-order valence-electron chi connectivity index (χ3n) is 5.36. The molecular weight excluding hydrogens is 394 g/mol. The average molecular weight is 426 g/mol. The Morgan fingerprint density at radius 2 is 1.90 bits per heavy atom. The van der Waals surface area contributed by atoms with Crippen LogP contribution in [0.25, 0.3) is 0 Å². The van der Waals surface area contributed by atoms with Crippen LogP contribution >= 0.6 is 0 Å². The van der Waals surface area contributed by atoms with Crippen LogP contribution in [0.2, 0.25) is 0 Å². The molecule has 1 fully saturated rings. The van der Waals surface area contributed by atoms with Crippen molar-refractivity contribution in [3.8, 4) is 0 Å². The maximum atomic E-state index is 12.5. The Morgan fingerprint density at radius 1 is 1.16 bits per heavy atom. The van der Waals surface area contributed by atoms with Crippen LogP contribution in [0.15, 0.2) is 48.7 Å². The van der Waals surface area contributed by atoms with Gasteiger partial charge in [0.2, 0.25) is 5.91 Å². The van der Waals surface area contributed by atoms with Gasteiger partial charge in [-0.1, -0.05) is 30.3 Å². The largest absolute Gasteiger partial charge is 0.390 e. The number of likely N-dealkylation sites (tertiary alicyclic amines) is 1. The molecular formula is C23H31N5O3. The third-order valence-corrected chi connectivity index (χ3v) is 5.36. The molecule has 0 aliphatic carbocycles. The number of aromatic nitrogens is 1. The summed E-state index contributed by atoms with van der Waals surface area (Å²) in [4.78, 5) is 30.1. The summed E-state index contributed by atoms with van der Waals surface area (Å²) in [7, 11) is 0. The van der Waals surface area contributed by atoms with Gasteiger partial charge in [0.1, 0.15) is 5.82 Å². The number of nitrogens with one attached hydrogen (secondary N) is 3. The minimum Gasteiger partial charge on any atom is -0.390 e. The SMILES string of the molecule is CC(=O)N1CCC(Nc2cc(C(=O)NC[C@H](O)CNCc3ccccc3)ccn2)CC1. The fourth-order valence-electron chi connectivity index (χ4n) is 3.56. The molecule has 2 aromatic rings. The number of hydrogen-bond donors (Lipinski definition) is 4. The smallest absolute Gasteiger partial charge is 0.251 e. The molecule has 1 aliphatic heterocycles. The summed E-state index contributed by atoms with van der Waals surface area (Å²) in [6, 6.07) is 13.5. The number of aliphatic hydroxyl groups excluding tert-OH is 1. The fourth-order valence-corrected chi connectivity index (χ4v) is 3.56. The summed E-state index contributed by atoms with van der Waals surface area (Å²) in [5.41, 5.74) is 1.63. The molecule has 1 aromatic heterocycles. The molecule has 8 heteroatoms. The third kappa shape index (κ3) is 7.34. The average Bonchev–Trinajstić information content (AvgIpc) is 2.79. The number of amides is 2. The van der Waals surface area contributed by atoms with Crippen LogP contribution in [0, 0.1) is 0 Å². The van der Waals surface area contributed by atoms with Crippen molar-refractivity contribution in [3.05, 3.63) is 59.8 Å². The van der Waals surface area contributed by atoms with Crippen molar-refractivity contribution >= 4 is 17.6 Å². The lowest BCUT2D eigenvalue weighted by molar-refractivity contribution is -0.129. The number of nitrogens with zero attached hydrogens (tertiary/aromatic N) is 2. The molecule has 2 amide bonds. The van der Waals surface area contributed by atoms with Gasteiger partial charge in [-0.05, 0) is 30.5 Å². The summed E-state index contributed by atoms with van der Waals surface area (Å²) in [6.07, 6.45) is 2.61. The Bertz CT molecular complexity index is 853. The Labute approximate surface area is 183 Å². The molecule has 0 bridgehead atoms. The van der Waals surface area contributed by atoms with Gasteiger partial charge in [-0.3, -0.25) is 9.59 Å². The second-order valence-electron chi connectivity index (χ2n) is 7.83. The number of aliphatic hydroxyl groups is 1. The monoisotopic (exact) mass is 425 g/mol. The van der Waals surface area contributed by atoms with E-state index >= 15 is 0 Å². The molecule has 2 heterocycles. The highest BCUT2D eigenvalue weighted by Gasteiger charge is 2.21. The normalized spacial score (nSPS) is 15.4. The number of benzene rings is 1. The number of carbonyl (C=O) groups is 2. The minimum absolute atomic E-state index is 0.104. The van der Waals surface area contributed by atoms with Gasteiger partial charge in [0.15, 0.2) is 0 Å².